The molecule has 2 atom stereocenters. The van der Waals surface area contributed by atoms with Crippen molar-refractivity contribution in [1.29, 1.82) is 0 Å². The van der Waals surface area contributed by atoms with E-state index in [0.29, 0.717) is 13.2 Å². The van der Waals surface area contributed by atoms with Crippen LogP contribution in [0.25, 0.3) is 0 Å². The summed E-state index contributed by atoms with van der Waals surface area (Å²) in [6.07, 6.45) is 2.26. The molecule has 0 radical (unpaired) electrons. The molecule has 26 heavy (non-hydrogen) atoms. The van der Waals surface area contributed by atoms with Crippen LogP contribution >= 0.6 is 24.0 Å². The van der Waals surface area contributed by atoms with Gasteiger partial charge in [-0.3, -0.25) is 4.99 Å². The molecule has 1 saturated heterocycles. The minimum absolute atomic E-state index is 0. The first kappa shape index (κ1) is 23.2. The van der Waals surface area contributed by atoms with Crippen LogP contribution in [0.4, 0.5) is 0 Å². The van der Waals surface area contributed by atoms with Crippen LogP contribution in [0, 0.1) is 5.41 Å². The van der Waals surface area contributed by atoms with Crippen molar-refractivity contribution in [3.05, 3.63) is 35.9 Å². The van der Waals surface area contributed by atoms with Gasteiger partial charge >= 0.3 is 0 Å². The molecule has 6 heteroatoms. The molecule has 1 aliphatic rings. The second-order valence-corrected chi connectivity index (χ2v) is 7.62. The van der Waals surface area contributed by atoms with Crippen LogP contribution < -0.4 is 10.6 Å². The Balaban J connectivity index is 0.00000338. The fraction of sp³-hybridized carbons (Fsp3) is 0.650. The van der Waals surface area contributed by atoms with Gasteiger partial charge in [-0.2, -0.15) is 0 Å². The molecule has 0 saturated carbocycles. The predicted octanol–water partition coefficient (Wildman–Crippen LogP) is 3.23. The van der Waals surface area contributed by atoms with E-state index in [1.54, 1.807) is 7.05 Å². The zero-order valence-electron chi connectivity index (χ0n) is 16.5. The average molecular weight is 475 g/mol. The van der Waals surface area contributed by atoms with Gasteiger partial charge in [0.15, 0.2) is 5.96 Å². The van der Waals surface area contributed by atoms with Crippen LogP contribution in [0.1, 0.15) is 32.8 Å². The van der Waals surface area contributed by atoms with E-state index in [9.17, 15) is 0 Å². The number of guanidine groups is 1. The zero-order chi connectivity index (χ0) is 18.1. The van der Waals surface area contributed by atoms with Gasteiger partial charge in [-0.05, 0) is 30.7 Å². The van der Waals surface area contributed by atoms with Crippen LogP contribution in [0.5, 0.6) is 0 Å². The Morgan fingerprint density at radius 1 is 1.35 bits per heavy atom. The quantitative estimate of drug-likeness (QED) is 0.345. The molecule has 0 aromatic heterocycles. The third-order valence-corrected chi connectivity index (χ3v) is 4.34. The van der Waals surface area contributed by atoms with Gasteiger partial charge in [0.05, 0.1) is 19.3 Å². The number of ether oxygens (including phenoxy) is 2. The zero-order valence-corrected chi connectivity index (χ0v) is 18.8. The van der Waals surface area contributed by atoms with Gasteiger partial charge in [-0.1, -0.05) is 44.2 Å². The Hall–Kier alpha value is -0.860. The van der Waals surface area contributed by atoms with E-state index in [0.717, 1.165) is 32.0 Å². The van der Waals surface area contributed by atoms with Crippen molar-refractivity contribution >= 4 is 29.9 Å². The van der Waals surface area contributed by atoms with Gasteiger partial charge in [0.25, 0.3) is 0 Å². The van der Waals surface area contributed by atoms with Gasteiger partial charge in [-0.15, -0.1) is 24.0 Å². The number of benzene rings is 1. The number of halogens is 1. The van der Waals surface area contributed by atoms with Crippen LogP contribution in [-0.4, -0.2) is 51.5 Å². The van der Waals surface area contributed by atoms with E-state index in [1.807, 2.05) is 0 Å². The van der Waals surface area contributed by atoms with E-state index in [-0.39, 0.29) is 41.5 Å². The van der Waals surface area contributed by atoms with Crippen LogP contribution in [0.2, 0.25) is 0 Å². The molecule has 5 nitrogen and oxygen atoms in total. The van der Waals surface area contributed by atoms with Crippen LogP contribution in [0.3, 0.4) is 0 Å². The second kappa shape index (κ2) is 11.8. The lowest BCUT2D eigenvalue weighted by Crippen LogP contribution is -2.47. The van der Waals surface area contributed by atoms with Gasteiger partial charge < -0.3 is 20.1 Å². The Bertz CT molecular complexity index is 531. The van der Waals surface area contributed by atoms with Gasteiger partial charge in [0.2, 0.25) is 0 Å². The molecular weight excluding hydrogens is 441 g/mol. The lowest BCUT2D eigenvalue weighted by Gasteiger charge is -2.27. The van der Waals surface area contributed by atoms with Crippen molar-refractivity contribution in [3.63, 3.8) is 0 Å². The summed E-state index contributed by atoms with van der Waals surface area (Å²) in [7, 11) is 1.80. The lowest BCUT2D eigenvalue weighted by molar-refractivity contribution is 0.0347. The van der Waals surface area contributed by atoms with Crippen LogP contribution in [0.15, 0.2) is 35.3 Å². The molecule has 1 aromatic carbocycles. The van der Waals surface area contributed by atoms with E-state index in [4.69, 9.17) is 9.47 Å². The summed E-state index contributed by atoms with van der Waals surface area (Å²) >= 11 is 0. The standard InChI is InChI=1S/C20H33N3O2.HI/c1-16(13-25-18-10-11-24-14-18)23-19(21-4)22-15-20(2,3)12-17-8-6-5-7-9-17;/h5-9,16,18H,10-15H2,1-4H3,(H2,21,22,23);1H. The largest absolute Gasteiger partial charge is 0.379 e. The van der Waals surface area contributed by atoms with Crippen molar-refractivity contribution in [2.75, 3.05) is 33.4 Å². The summed E-state index contributed by atoms with van der Waals surface area (Å²) in [6, 6.07) is 10.8. The molecular formula is C20H34IN3O2. The Morgan fingerprint density at radius 2 is 2.08 bits per heavy atom. The third-order valence-electron chi connectivity index (χ3n) is 4.34. The number of hydrogen-bond donors (Lipinski definition) is 2. The predicted molar refractivity (Wildman–Crippen MR) is 118 cm³/mol. The fourth-order valence-corrected chi connectivity index (χ4v) is 2.93. The third kappa shape index (κ3) is 8.68. The second-order valence-electron chi connectivity index (χ2n) is 7.62. The first-order chi connectivity index (χ1) is 12.0. The topological polar surface area (TPSA) is 54.9 Å². The summed E-state index contributed by atoms with van der Waals surface area (Å²) in [5, 5.41) is 6.85. The smallest absolute Gasteiger partial charge is 0.191 e. The Kier molecular flexibility index (Phi) is 10.5. The van der Waals surface area contributed by atoms with Crippen molar-refractivity contribution in [1.82, 2.24) is 10.6 Å². The first-order valence-corrected chi connectivity index (χ1v) is 9.19. The van der Waals surface area contributed by atoms with E-state index in [2.05, 4.69) is 66.7 Å². The maximum atomic E-state index is 5.86. The Labute approximate surface area is 175 Å². The lowest BCUT2D eigenvalue weighted by atomic mass is 9.86. The first-order valence-electron chi connectivity index (χ1n) is 9.19. The minimum atomic E-state index is 0. The molecule has 1 aliphatic heterocycles. The minimum Gasteiger partial charge on any atom is -0.379 e. The average Bonchev–Trinajstić information content (AvgIpc) is 3.11. The highest BCUT2D eigenvalue weighted by Gasteiger charge is 2.20. The SMILES string of the molecule is CN=C(NCC(C)(C)Cc1ccccc1)NC(C)COC1CCOC1.I. The summed E-state index contributed by atoms with van der Waals surface area (Å²) < 4.78 is 11.2. The van der Waals surface area contributed by atoms with Gasteiger partial charge in [0, 0.05) is 26.2 Å². The monoisotopic (exact) mass is 475 g/mol. The molecule has 1 heterocycles. The van der Waals surface area contributed by atoms with E-state index < -0.39 is 0 Å². The molecule has 0 spiro atoms. The highest BCUT2D eigenvalue weighted by molar-refractivity contribution is 14.0. The molecule has 2 rings (SSSR count). The molecule has 1 aromatic rings. The van der Waals surface area contributed by atoms with Crippen molar-refractivity contribution < 1.29 is 9.47 Å². The number of aliphatic imine (C=N–C) groups is 1. The number of nitrogens with zero attached hydrogens (tertiary/aromatic N) is 1. The molecule has 2 N–H and O–H groups in total. The van der Waals surface area contributed by atoms with Crippen molar-refractivity contribution in [2.24, 2.45) is 10.4 Å². The maximum Gasteiger partial charge on any atom is 0.191 e. The molecule has 0 amide bonds. The highest BCUT2D eigenvalue weighted by atomic mass is 127. The molecule has 0 aliphatic carbocycles. The van der Waals surface area contributed by atoms with Crippen molar-refractivity contribution in [2.45, 2.75) is 45.8 Å². The number of hydrogen-bond acceptors (Lipinski definition) is 3. The fourth-order valence-electron chi connectivity index (χ4n) is 2.93. The molecule has 0 bridgehead atoms. The summed E-state index contributed by atoms with van der Waals surface area (Å²) in [5.74, 6) is 0.819. The summed E-state index contributed by atoms with van der Waals surface area (Å²) in [6.45, 7) is 9.69. The Morgan fingerprint density at radius 3 is 2.69 bits per heavy atom. The normalized spacial score (nSPS) is 18.9. The van der Waals surface area contributed by atoms with Gasteiger partial charge in [0.1, 0.15) is 0 Å². The highest BCUT2D eigenvalue weighted by Crippen LogP contribution is 2.20. The van der Waals surface area contributed by atoms with E-state index >= 15 is 0 Å². The van der Waals surface area contributed by atoms with Gasteiger partial charge in [-0.25, -0.2) is 0 Å². The number of nitrogens with one attached hydrogen (secondary N) is 2. The summed E-state index contributed by atoms with van der Waals surface area (Å²) in [5.41, 5.74) is 1.50. The summed E-state index contributed by atoms with van der Waals surface area (Å²) in [4.78, 5) is 4.33. The molecule has 2 unspecified atom stereocenters. The van der Waals surface area contributed by atoms with E-state index in [1.165, 1.54) is 5.56 Å². The molecule has 1 fully saturated rings. The molecule has 148 valence electrons. The number of rotatable bonds is 8. The maximum absolute atomic E-state index is 5.86. The van der Waals surface area contributed by atoms with Crippen molar-refractivity contribution in [3.8, 4) is 0 Å². The van der Waals surface area contributed by atoms with Crippen LogP contribution in [-0.2, 0) is 15.9 Å².